The molecule has 0 fully saturated rings. The lowest BCUT2D eigenvalue weighted by molar-refractivity contribution is 0.0952. The van der Waals surface area contributed by atoms with Crippen molar-refractivity contribution in [2.24, 2.45) is 0 Å². The van der Waals surface area contributed by atoms with Crippen LogP contribution in [0.1, 0.15) is 10.4 Å². The minimum Gasteiger partial charge on any atom is -0.588 e. The van der Waals surface area contributed by atoms with Crippen molar-refractivity contribution < 1.29 is 23.6 Å². The van der Waals surface area contributed by atoms with Crippen molar-refractivity contribution in [2.75, 3.05) is 44.5 Å². The smallest absolute Gasteiger partial charge is 0.255 e. The highest BCUT2D eigenvalue weighted by molar-refractivity contribution is 7.92. The second-order valence-electron chi connectivity index (χ2n) is 8.27. The number of methoxy groups -OCH3 is 3. The van der Waals surface area contributed by atoms with Gasteiger partial charge in [0, 0.05) is 36.5 Å². The number of benzene rings is 3. The van der Waals surface area contributed by atoms with Gasteiger partial charge in [-0.15, -0.1) is 0 Å². The van der Waals surface area contributed by atoms with Crippen molar-refractivity contribution >= 4 is 28.6 Å². The molecule has 1 aromatic heterocycles. The van der Waals surface area contributed by atoms with Gasteiger partial charge in [-0.3, -0.25) is 4.79 Å². The van der Waals surface area contributed by atoms with Crippen LogP contribution in [0, 0.1) is 0 Å². The summed E-state index contributed by atoms with van der Waals surface area (Å²) in [5.74, 6) is 1.30. The zero-order valence-electron chi connectivity index (χ0n) is 21.9. The van der Waals surface area contributed by atoms with Crippen molar-refractivity contribution in [3.8, 4) is 28.6 Å². The van der Waals surface area contributed by atoms with Crippen molar-refractivity contribution in [1.82, 2.24) is 10.3 Å². The average Bonchev–Trinajstić information content (AvgIpc) is 2.99. The van der Waals surface area contributed by atoms with Gasteiger partial charge in [-0.05, 0) is 48.5 Å². The molecule has 9 nitrogen and oxygen atoms in total. The number of hydrogen-bond donors (Lipinski definition) is 3. The predicted molar refractivity (Wildman–Crippen MR) is 153 cm³/mol. The van der Waals surface area contributed by atoms with E-state index in [1.165, 1.54) is 14.2 Å². The van der Waals surface area contributed by atoms with Crippen LogP contribution in [-0.2, 0) is 11.4 Å². The molecule has 1 heterocycles. The van der Waals surface area contributed by atoms with Crippen molar-refractivity contribution in [3.63, 3.8) is 0 Å². The Morgan fingerprint density at radius 1 is 0.821 bits per heavy atom. The fourth-order valence-corrected chi connectivity index (χ4v) is 4.85. The zero-order valence-corrected chi connectivity index (χ0v) is 22.7. The quantitative estimate of drug-likeness (QED) is 0.172. The molecule has 0 saturated heterocycles. The second-order valence-corrected chi connectivity index (χ2v) is 9.45. The molecule has 0 aliphatic carbocycles. The molecule has 10 heteroatoms. The minimum atomic E-state index is -1.61. The normalized spacial score (nSPS) is 11.3. The number of nitrogens with zero attached hydrogens (tertiary/aromatic N) is 1. The number of anilines is 2. The number of nitrogens with one attached hydrogen (secondary N) is 3. The lowest BCUT2D eigenvalue weighted by Crippen LogP contribution is -2.29. The van der Waals surface area contributed by atoms with E-state index < -0.39 is 11.4 Å². The van der Waals surface area contributed by atoms with Gasteiger partial charge in [0.2, 0.25) is 10.8 Å². The van der Waals surface area contributed by atoms with E-state index in [2.05, 4.69) is 20.3 Å². The molecule has 0 radical (unpaired) electrons. The van der Waals surface area contributed by atoms with Crippen LogP contribution >= 0.6 is 0 Å². The molecule has 0 aliphatic heterocycles. The third-order valence-electron chi connectivity index (χ3n) is 5.76. The van der Waals surface area contributed by atoms with Gasteiger partial charge < -0.3 is 29.4 Å². The van der Waals surface area contributed by atoms with Gasteiger partial charge >= 0.3 is 0 Å². The molecule has 4 aromatic rings. The van der Waals surface area contributed by atoms with E-state index >= 15 is 0 Å². The van der Waals surface area contributed by atoms with Crippen LogP contribution in [-0.4, -0.2) is 49.9 Å². The highest BCUT2D eigenvalue weighted by atomic mass is 32.2. The van der Waals surface area contributed by atoms with Crippen LogP contribution in [0.25, 0.3) is 11.3 Å². The van der Waals surface area contributed by atoms with Gasteiger partial charge in [-0.1, -0.05) is 24.3 Å². The molecular formula is C29H30N4O5S. The van der Waals surface area contributed by atoms with Crippen molar-refractivity contribution in [3.05, 3.63) is 90.5 Å². The summed E-state index contributed by atoms with van der Waals surface area (Å²) in [6.45, 7) is 0.902. The molecule has 1 atom stereocenters. The van der Waals surface area contributed by atoms with E-state index in [1.807, 2.05) is 48.5 Å². The average molecular weight is 547 g/mol. The largest absolute Gasteiger partial charge is 0.588 e. The Balaban J connectivity index is 1.38. The number of carbonyl (C=O) groups excluding carboxylic acids is 1. The standard InChI is InChI=1S/C29H30N4O5S/c1-36-25-12-5-4-10-23(25)29(34)31-17-16-30-21-8-6-9-22(19-21)33-39(35)27-18-20(14-15-26(27)37-2)24-11-7-13-28(32-24)38-3/h4-15,18-19,30,33H,16-17H2,1-3H3,(H,31,34). The van der Waals surface area contributed by atoms with Gasteiger partial charge in [-0.25, -0.2) is 9.71 Å². The molecule has 1 unspecified atom stereocenters. The van der Waals surface area contributed by atoms with Crippen LogP contribution in [0.15, 0.2) is 89.8 Å². The zero-order chi connectivity index (χ0) is 27.6. The number of aromatic nitrogens is 1. The first-order chi connectivity index (χ1) is 19.0. The van der Waals surface area contributed by atoms with Crippen molar-refractivity contribution in [2.45, 2.75) is 4.90 Å². The molecule has 0 spiro atoms. The number of carbonyl (C=O) groups is 1. The van der Waals surface area contributed by atoms with E-state index in [1.54, 1.807) is 43.5 Å². The third kappa shape index (κ3) is 7.13. The van der Waals surface area contributed by atoms with Crippen LogP contribution in [0.4, 0.5) is 11.4 Å². The fraction of sp³-hybridized carbons (Fsp3) is 0.172. The van der Waals surface area contributed by atoms with E-state index in [4.69, 9.17) is 14.2 Å². The summed E-state index contributed by atoms with van der Waals surface area (Å²) < 4.78 is 32.3. The van der Waals surface area contributed by atoms with Crippen LogP contribution in [0.5, 0.6) is 17.4 Å². The van der Waals surface area contributed by atoms with Gasteiger partial charge in [0.1, 0.15) is 17.1 Å². The Labute approximate surface area is 230 Å². The topological polar surface area (TPSA) is 117 Å². The Morgan fingerprint density at radius 3 is 2.38 bits per heavy atom. The number of para-hydroxylation sites is 1. The van der Waals surface area contributed by atoms with E-state index in [0.717, 1.165) is 11.3 Å². The molecule has 39 heavy (non-hydrogen) atoms. The fourth-order valence-electron chi connectivity index (χ4n) is 3.84. The third-order valence-corrected chi connectivity index (χ3v) is 6.90. The van der Waals surface area contributed by atoms with E-state index in [0.29, 0.717) is 52.3 Å². The molecule has 3 aromatic carbocycles. The number of ether oxygens (including phenoxy) is 3. The lowest BCUT2D eigenvalue weighted by atomic mass is 10.1. The maximum atomic E-state index is 13.3. The number of hydrogen-bond acceptors (Lipinski definition) is 8. The molecule has 202 valence electrons. The van der Waals surface area contributed by atoms with Crippen LogP contribution in [0.2, 0.25) is 0 Å². The summed E-state index contributed by atoms with van der Waals surface area (Å²) in [5, 5.41) is 6.15. The Morgan fingerprint density at radius 2 is 1.59 bits per heavy atom. The molecule has 0 aliphatic rings. The lowest BCUT2D eigenvalue weighted by Gasteiger charge is -2.16. The maximum absolute atomic E-state index is 13.3. The summed E-state index contributed by atoms with van der Waals surface area (Å²) in [4.78, 5) is 17.4. The second kappa shape index (κ2) is 13.4. The Kier molecular flexibility index (Phi) is 9.49. The predicted octanol–water partition coefficient (Wildman–Crippen LogP) is 4.75. The molecular weight excluding hydrogens is 516 g/mol. The first kappa shape index (κ1) is 27.6. The molecule has 4 rings (SSSR count). The highest BCUT2D eigenvalue weighted by Gasteiger charge is 2.20. The summed E-state index contributed by atoms with van der Waals surface area (Å²) in [5.41, 5.74) is 3.42. The molecule has 1 amide bonds. The molecule has 3 N–H and O–H groups in total. The van der Waals surface area contributed by atoms with E-state index in [-0.39, 0.29) is 5.91 Å². The van der Waals surface area contributed by atoms with Crippen LogP contribution in [0.3, 0.4) is 0 Å². The first-order valence-electron chi connectivity index (χ1n) is 12.2. The SMILES string of the molecule is COc1cccc(-c2ccc(OC)c([S+]([O-])Nc3cccc(NCCNC(=O)c4ccccc4OC)c3)c2)n1. The first-order valence-corrected chi connectivity index (χ1v) is 13.3. The van der Waals surface area contributed by atoms with Gasteiger partial charge in [0.25, 0.3) is 5.91 Å². The van der Waals surface area contributed by atoms with Gasteiger partial charge in [0.05, 0.1) is 38.3 Å². The van der Waals surface area contributed by atoms with E-state index in [9.17, 15) is 9.35 Å². The van der Waals surface area contributed by atoms with Crippen molar-refractivity contribution in [1.29, 1.82) is 0 Å². The number of rotatable bonds is 12. The summed E-state index contributed by atoms with van der Waals surface area (Å²) >= 11 is -1.61. The highest BCUT2D eigenvalue weighted by Crippen LogP contribution is 2.31. The Hall–Kier alpha value is -4.41. The minimum absolute atomic E-state index is 0.208. The summed E-state index contributed by atoms with van der Waals surface area (Å²) in [6, 6.07) is 25.4. The van der Waals surface area contributed by atoms with Crippen LogP contribution < -0.4 is 29.6 Å². The monoisotopic (exact) mass is 546 g/mol. The molecule has 0 saturated carbocycles. The maximum Gasteiger partial charge on any atom is 0.255 e. The number of pyridine rings is 1. The Bertz CT molecular complexity index is 1420. The van der Waals surface area contributed by atoms with Gasteiger partial charge in [0.15, 0.2) is 5.75 Å². The summed E-state index contributed by atoms with van der Waals surface area (Å²) in [7, 11) is 4.63. The van der Waals surface area contributed by atoms with Gasteiger partial charge in [-0.2, -0.15) is 0 Å². The molecule has 0 bridgehead atoms. The number of amides is 1. The summed E-state index contributed by atoms with van der Waals surface area (Å²) in [6.07, 6.45) is 0.